The van der Waals surface area contributed by atoms with E-state index in [1.165, 1.54) is 42.4 Å². The molecule has 0 saturated heterocycles. The van der Waals surface area contributed by atoms with Gasteiger partial charge in [0.25, 0.3) is 0 Å². The zero-order valence-electron chi connectivity index (χ0n) is 23.3. The van der Waals surface area contributed by atoms with Crippen molar-refractivity contribution in [3.8, 4) is 56.2 Å². The SMILES string of the molecule is c1ccc(-c2cc(-c3ccc(-c4ccccc4)c(-c4cccc5c4sc4ccccc45)c3)nc(-c3ccccc3)n2)cc1. The maximum Gasteiger partial charge on any atom is 0.160 e. The van der Waals surface area contributed by atoms with E-state index in [0.29, 0.717) is 0 Å². The first-order valence-corrected chi connectivity index (χ1v) is 15.2. The molecule has 0 N–H and O–H groups in total. The van der Waals surface area contributed by atoms with Crippen LogP contribution in [0.15, 0.2) is 158 Å². The Balaban J connectivity index is 1.38. The van der Waals surface area contributed by atoms with Gasteiger partial charge in [-0.25, -0.2) is 9.97 Å². The fourth-order valence-corrected chi connectivity index (χ4v) is 7.05. The van der Waals surface area contributed by atoms with Crippen LogP contribution in [0.5, 0.6) is 0 Å². The summed E-state index contributed by atoms with van der Waals surface area (Å²) < 4.78 is 2.61. The lowest BCUT2D eigenvalue weighted by molar-refractivity contribution is 1.18. The molecule has 43 heavy (non-hydrogen) atoms. The molecule has 8 rings (SSSR count). The highest BCUT2D eigenvalue weighted by molar-refractivity contribution is 7.26. The van der Waals surface area contributed by atoms with Gasteiger partial charge in [-0.15, -0.1) is 11.3 Å². The van der Waals surface area contributed by atoms with Crippen molar-refractivity contribution in [2.75, 3.05) is 0 Å². The summed E-state index contributed by atoms with van der Waals surface area (Å²) >= 11 is 1.86. The fourth-order valence-electron chi connectivity index (χ4n) is 5.82. The summed E-state index contributed by atoms with van der Waals surface area (Å²) in [5.41, 5.74) is 9.76. The van der Waals surface area contributed by atoms with Crippen molar-refractivity contribution in [3.63, 3.8) is 0 Å². The van der Waals surface area contributed by atoms with Crippen LogP contribution in [0.1, 0.15) is 0 Å². The van der Waals surface area contributed by atoms with Gasteiger partial charge in [-0.3, -0.25) is 0 Å². The Bertz CT molecular complexity index is 2160. The van der Waals surface area contributed by atoms with Gasteiger partial charge >= 0.3 is 0 Å². The average Bonchev–Trinajstić information content (AvgIpc) is 3.48. The minimum atomic E-state index is 0.720. The van der Waals surface area contributed by atoms with Gasteiger partial charge < -0.3 is 0 Å². The third kappa shape index (κ3) is 4.70. The number of thiophene rings is 1. The Morgan fingerprint density at radius 2 is 0.977 bits per heavy atom. The third-order valence-corrected chi connectivity index (χ3v) is 9.14. The topological polar surface area (TPSA) is 25.8 Å². The minimum absolute atomic E-state index is 0.720. The molecule has 2 nitrogen and oxygen atoms in total. The molecule has 0 radical (unpaired) electrons. The molecule has 0 aliphatic rings. The third-order valence-electron chi connectivity index (χ3n) is 7.92. The summed E-state index contributed by atoms with van der Waals surface area (Å²) in [5.74, 6) is 0.720. The molecule has 0 saturated carbocycles. The van der Waals surface area contributed by atoms with Gasteiger partial charge in [0.1, 0.15) is 0 Å². The molecular formula is C40H26N2S. The van der Waals surface area contributed by atoms with E-state index in [0.717, 1.165) is 33.9 Å². The average molecular weight is 567 g/mol. The summed E-state index contributed by atoms with van der Waals surface area (Å²) in [4.78, 5) is 10.1. The Kier molecular flexibility index (Phi) is 6.36. The zero-order valence-corrected chi connectivity index (χ0v) is 24.1. The van der Waals surface area contributed by atoms with Gasteiger partial charge in [0.2, 0.25) is 0 Å². The van der Waals surface area contributed by atoms with Crippen LogP contribution in [0.3, 0.4) is 0 Å². The van der Waals surface area contributed by atoms with E-state index < -0.39 is 0 Å². The molecule has 6 aromatic carbocycles. The second-order valence-corrected chi connectivity index (χ2v) is 11.7. The maximum absolute atomic E-state index is 5.13. The predicted molar refractivity (Wildman–Crippen MR) is 182 cm³/mol. The highest BCUT2D eigenvalue weighted by atomic mass is 32.1. The quantitative estimate of drug-likeness (QED) is 0.207. The van der Waals surface area contributed by atoms with Crippen molar-refractivity contribution in [1.29, 1.82) is 0 Å². The van der Waals surface area contributed by atoms with Gasteiger partial charge in [-0.05, 0) is 34.9 Å². The molecule has 2 heterocycles. The van der Waals surface area contributed by atoms with Crippen LogP contribution >= 0.6 is 11.3 Å². The molecule has 0 bridgehead atoms. The normalized spacial score (nSPS) is 11.3. The van der Waals surface area contributed by atoms with Crippen LogP contribution in [0.2, 0.25) is 0 Å². The molecule has 202 valence electrons. The summed E-state index contributed by atoms with van der Waals surface area (Å²) in [6.45, 7) is 0. The predicted octanol–water partition coefficient (Wildman–Crippen LogP) is 11.2. The lowest BCUT2D eigenvalue weighted by atomic mass is 9.91. The maximum atomic E-state index is 5.13. The number of fused-ring (bicyclic) bond motifs is 3. The zero-order chi connectivity index (χ0) is 28.6. The van der Waals surface area contributed by atoms with Crippen molar-refractivity contribution in [2.24, 2.45) is 0 Å². The molecule has 8 aromatic rings. The lowest BCUT2D eigenvalue weighted by Gasteiger charge is -2.15. The molecule has 2 aromatic heterocycles. The van der Waals surface area contributed by atoms with Gasteiger partial charge in [0.15, 0.2) is 5.82 Å². The van der Waals surface area contributed by atoms with Crippen molar-refractivity contribution >= 4 is 31.5 Å². The number of aromatic nitrogens is 2. The Morgan fingerprint density at radius 1 is 0.372 bits per heavy atom. The van der Waals surface area contributed by atoms with Crippen molar-refractivity contribution in [3.05, 3.63) is 158 Å². The number of nitrogens with zero attached hydrogens (tertiary/aromatic N) is 2. The number of hydrogen-bond acceptors (Lipinski definition) is 3. The number of rotatable bonds is 5. The molecule has 0 unspecified atom stereocenters. The molecule has 3 heteroatoms. The van der Waals surface area contributed by atoms with Gasteiger partial charge in [-0.2, -0.15) is 0 Å². The highest BCUT2D eigenvalue weighted by Gasteiger charge is 2.17. The van der Waals surface area contributed by atoms with Crippen LogP contribution in [0.25, 0.3) is 76.3 Å². The smallest absolute Gasteiger partial charge is 0.160 e. The molecule has 0 aliphatic heterocycles. The largest absolute Gasteiger partial charge is 0.228 e. The Morgan fingerprint density at radius 3 is 1.72 bits per heavy atom. The summed E-state index contributed by atoms with van der Waals surface area (Å²) in [6, 6.07) is 55.5. The van der Waals surface area contributed by atoms with E-state index in [2.05, 4.69) is 133 Å². The van der Waals surface area contributed by atoms with Crippen LogP contribution < -0.4 is 0 Å². The standard InChI is InChI=1S/C40H26N2S/c1-4-13-27(14-5-1)31-24-23-30(25-35(31)34-21-12-20-33-32-19-10-11-22-38(32)43-39(33)34)37-26-36(28-15-6-2-7-16-28)41-40(42-37)29-17-8-3-9-18-29/h1-26H. The molecule has 0 aliphatic carbocycles. The fraction of sp³-hybridized carbons (Fsp3) is 0. The Hall–Kier alpha value is -5.38. The molecule has 0 fully saturated rings. The van der Waals surface area contributed by atoms with Crippen LogP contribution in [0.4, 0.5) is 0 Å². The second kappa shape index (κ2) is 10.8. The van der Waals surface area contributed by atoms with Crippen LogP contribution in [-0.2, 0) is 0 Å². The van der Waals surface area contributed by atoms with Crippen LogP contribution in [0, 0.1) is 0 Å². The first-order valence-electron chi connectivity index (χ1n) is 14.4. The summed E-state index contributed by atoms with van der Waals surface area (Å²) in [7, 11) is 0. The first-order chi connectivity index (χ1) is 21.3. The molecule has 0 atom stereocenters. The van der Waals surface area contributed by atoms with E-state index in [1.807, 2.05) is 35.6 Å². The Labute approximate surface area is 254 Å². The van der Waals surface area contributed by atoms with Gasteiger partial charge in [0, 0.05) is 42.4 Å². The second-order valence-electron chi connectivity index (χ2n) is 10.6. The first kappa shape index (κ1) is 25.3. The van der Waals surface area contributed by atoms with Crippen LogP contribution in [-0.4, -0.2) is 9.97 Å². The van der Waals surface area contributed by atoms with Gasteiger partial charge in [-0.1, -0.05) is 140 Å². The molecular weight excluding hydrogens is 541 g/mol. The van der Waals surface area contributed by atoms with E-state index >= 15 is 0 Å². The lowest BCUT2D eigenvalue weighted by Crippen LogP contribution is -1.96. The number of hydrogen-bond donors (Lipinski definition) is 0. The summed E-state index contributed by atoms with van der Waals surface area (Å²) in [6.07, 6.45) is 0. The number of benzene rings is 6. The highest BCUT2D eigenvalue weighted by Crippen LogP contribution is 2.44. The minimum Gasteiger partial charge on any atom is -0.228 e. The van der Waals surface area contributed by atoms with E-state index in [9.17, 15) is 0 Å². The van der Waals surface area contributed by atoms with E-state index in [-0.39, 0.29) is 0 Å². The molecule has 0 amide bonds. The van der Waals surface area contributed by atoms with Crippen molar-refractivity contribution < 1.29 is 0 Å². The van der Waals surface area contributed by atoms with E-state index in [1.54, 1.807) is 0 Å². The monoisotopic (exact) mass is 566 g/mol. The van der Waals surface area contributed by atoms with Crippen molar-refractivity contribution in [1.82, 2.24) is 9.97 Å². The van der Waals surface area contributed by atoms with Gasteiger partial charge in [0.05, 0.1) is 11.4 Å². The van der Waals surface area contributed by atoms with E-state index in [4.69, 9.17) is 9.97 Å². The summed E-state index contributed by atoms with van der Waals surface area (Å²) in [5, 5.41) is 2.60. The molecule has 0 spiro atoms. The van der Waals surface area contributed by atoms with Crippen molar-refractivity contribution in [2.45, 2.75) is 0 Å².